The van der Waals surface area contributed by atoms with Gasteiger partial charge in [-0.15, -0.1) is 0 Å². The number of rotatable bonds is 11. The Labute approximate surface area is 228 Å². The van der Waals surface area contributed by atoms with Gasteiger partial charge in [0, 0.05) is 13.1 Å². The number of carbonyl (C=O) groups excluding carboxylic acids is 3. The molecule has 0 aliphatic heterocycles. The molecular weight excluding hydrogens is 478 g/mol. The number of hydrogen-bond donors (Lipinski definition) is 2. The molecule has 0 spiro atoms. The zero-order valence-electron chi connectivity index (χ0n) is 24.3. The molecule has 0 bridgehead atoms. The van der Waals surface area contributed by atoms with E-state index in [-0.39, 0.29) is 17.7 Å². The van der Waals surface area contributed by atoms with Gasteiger partial charge in [-0.3, -0.25) is 9.59 Å². The molecule has 0 aliphatic carbocycles. The van der Waals surface area contributed by atoms with Crippen LogP contribution in [0.3, 0.4) is 0 Å². The highest BCUT2D eigenvalue weighted by Crippen LogP contribution is 2.28. The van der Waals surface area contributed by atoms with Gasteiger partial charge in [-0.2, -0.15) is 0 Å². The van der Waals surface area contributed by atoms with Gasteiger partial charge >= 0.3 is 6.09 Å². The van der Waals surface area contributed by atoms with Crippen LogP contribution in [0.15, 0.2) is 48.5 Å². The van der Waals surface area contributed by atoms with E-state index >= 15 is 0 Å². The third-order valence-electron chi connectivity index (χ3n) is 6.24. The van der Waals surface area contributed by atoms with Crippen LogP contribution in [-0.2, 0) is 20.9 Å². The smallest absolute Gasteiger partial charge is 0.408 e. The quantitative estimate of drug-likeness (QED) is 0.387. The average molecular weight is 524 g/mol. The van der Waals surface area contributed by atoms with E-state index in [0.29, 0.717) is 13.1 Å². The second-order valence-electron chi connectivity index (χ2n) is 11.2. The van der Waals surface area contributed by atoms with Crippen LogP contribution < -0.4 is 10.6 Å². The number of benzene rings is 2. The lowest BCUT2D eigenvalue weighted by atomic mass is 9.94. The van der Waals surface area contributed by atoms with E-state index in [1.807, 2.05) is 83.1 Å². The normalized spacial score (nSPS) is 13.0. The minimum absolute atomic E-state index is 0.217. The Morgan fingerprint density at radius 1 is 1.00 bits per heavy atom. The van der Waals surface area contributed by atoms with E-state index in [9.17, 15) is 14.4 Å². The minimum Gasteiger partial charge on any atom is -0.444 e. The molecule has 2 unspecified atom stereocenters. The standard InChI is InChI=1S/C31H45N3O4/c1-9-10-18-34(29(36)26(21(2)3)33-30(37)38-31(6,7)8)27(25-19-22(4)16-17-23(25)5)28(35)32-20-24-14-12-11-13-15-24/h11-17,19,21,26-27H,9-10,18,20H2,1-8H3,(H,32,35)(H,33,37). The fourth-order valence-corrected chi connectivity index (χ4v) is 4.21. The molecule has 2 rings (SSSR count). The number of amides is 3. The van der Waals surface area contributed by atoms with Crippen molar-refractivity contribution in [3.63, 3.8) is 0 Å². The second-order valence-corrected chi connectivity index (χ2v) is 11.2. The predicted octanol–water partition coefficient (Wildman–Crippen LogP) is 5.84. The molecule has 0 saturated carbocycles. The first-order chi connectivity index (χ1) is 17.8. The Kier molecular flexibility index (Phi) is 11.4. The third kappa shape index (κ3) is 9.19. The second kappa shape index (κ2) is 14.0. The lowest BCUT2D eigenvalue weighted by Crippen LogP contribution is -2.55. The molecule has 0 radical (unpaired) electrons. The molecule has 208 valence electrons. The molecule has 38 heavy (non-hydrogen) atoms. The van der Waals surface area contributed by atoms with Gasteiger partial charge in [0.15, 0.2) is 0 Å². The Bertz CT molecular complexity index is 1080. The van der Waals surface area contributed by atoms with Crippen molar-refractivity contribution in [3.05, 3.63) is 70.8 Å². The van der Waals surface area contributed by atoms with Crippen molar-refractivity contribution >= 4 is 17.9 Å². The number of hydrogen-bond acceptors (Lipinski definition) is 4. The van der Waals surface area contributed by atoms with Crippen molar-refractivity contribution in [3.8, 4) is 0 Å². The largest absolute Gasteiger partial charge is 0.444 e. The van der Waals surface area contributed by atoms with Crippen LogP contribution in [0.25, 0.3) is 0 Å². The fraction of sp³-hybridized carbons (Fsp3) is 0.516. The highest BCUT2D eigenvalue weighted by atomic mass is 16.6. The number of nitrogens with zero attached hydrogens (tertiary/aromatic N) is 1. The molecule has 0 fully saturated rings. The summed E-state index contributed by atoms with van der Waals surface area (Å²) in [4.78, 5) is 42.3. The third-order valence-corrected chi connectivity index (χ3v) is 6.24. The first-order valence-corrected chi connectivity index (χ1v) is 13.5. The van der Waals surface area contributed by atoms with Crippen molar-refractivity contribution in [1.82, 2.24) is 15.5 Å². The Morgan fingerprint density at radius 2 is 1.66 bits per heavy atom. The van der Waals surface area contributed by atoms with Crippen molar-refractivity contribution in [2.24, 2.45) is 5.92 Å². The zero-order chi connectivity index (χ0) is 28.5. The average Bonchev–Trinajstić information content (AvgIpc) is 2.84. The van der Waals surface area contributed by atoms with Crippen LogP contribution in [0, 0.1) is 19.8 Å². The molecule has 7 nitrogen and oxygen atoms in total. The summed E-state index contributed by atoms with van der Waals surface area (Å²) in [6.45, 7) is 15.8. The van der Waals surface area contributed by atoms with E-state index in [0.717, 1.165) is 35.1 Å². The highest BCUT2D eigenvalue weighted by molar-refractivity contribution is 5.92. The summed E-state index contributed by atoms with van der Waals surface area (Å²) in [5.41, 5.74) is 2.97. The lowest BCUT2D eigenvalue weighted by molar-refractivity contribution is -0.143. The van der Waals surface area contributed by atoms with Gasteiger partial charge in [0.1, 0.15) is 17.7 Å². The van der Waals surface area contributed by atoms with Crippen LogP contribution in [0.5, 0.6) is 0 Å². The summed E-state index contributed by atoms with van der Waals surface area (Å²) in [7, 11) is 0. The Balaban J connectivity index is 2.50. The summed E-state index contributed by atoms with van der Waals surface area (Å²) in [6, 6.07) is 13.9. The SMILES string of the molecule is CCCCN(C(=O)C(NC(=O)OC(C)(C)C)C(C)C)C(C(=O)NCc1ccccc1)c1cc(C)ccc1C. The molecule has 0 saturated heterocycles. The van der Waals surface area contributed by atoms with E-state index in [4.69, 9.17) is 4.74 Å². The molecule has 2 aromatic carbocycles. The molecule has 0 heterocycles. The topological polar surface area (TPSA) is 87.7 Å². The summed E-state index contributed by atoms with van der Waals surface area (Å²) in [5.74, 6) is -0.780. The number of aryl methyl sites for hydroxylation is 2. The maximum atomic E-state index is 14.2. The van der Waals surface area contributed by atoms with Gasteiger partial charge in [-0.05, 0) is 63.6 Å². The number of ether oxygens (including phenoxy) is 1. The molecule has 2 atom stereocenters. The van der Waals surface area contributed by atoms with Crippen LogP contribution in [0.4, 0.5) is 4.79 Å². The number of nitrogens with one attached hydrogen (secondary N) is 2. The van der Waals surface area contributed by atoms with Gasteiger partial charge in [0.2, 0.25) is 11.8 Å². The van der Waals surface area contributed by atoms with Gasteiger partial charge in [-0.1, -0.05) is 81.3 Å². The maximum absolute atomic E-state index is 14.2. The molecule has 0 aliphatic rings. The van der Waals surface area contributed by atoms with Crippen LogP contribution in [-0.4, -0.2) is 41.0 Å². The van der Waals surface area contributed by atoms with Crippen molar-refractivity contribution < 1.29 is 19.1 Å². The van der Waals surface area contributed by atoms with E-state index in [2.05, 4.69) is 10.6 Å². The van der Waals surface area contributed by atoms with E-state index in [1.165, 1.54) is 0 Å². The molecule has 0 aromatic heterocycles. The predicted molar refractivity (Wildman–Crippen MR) is 152 cm³/mol. The van der Waals surface area contributed by atoms with Crippen LogP contribution in [0.1, 0.15) is 82.7 Å². The van der Waals surface area contributed by atoms with E-state index in [1.54, 1.807) is 25.7 Å². The van der Waals surface area contributed by atoms with Crippen LogP contribution >= 0.6 is 0 Å². The van der Waals surface area contributed by atoms with Crippen molar-refractivity contribution in [2.75, 3.05) is 6.54 Å². The fourth-order valence-electron chi connectivity index (χ4n) is 4.21. The molecule has 3 amide bonds. The van der Waals surface area contributed by atoms with Crippen LogP contribution in [0.2, 0.25) is 0 Å². The van der Waals surface area contributed by atoms with Crippen molar-refractivity contribution in [2.45, 2.75) is 92.5 Å². The highest BCUT2D eigenvalue weighted by Gasteiger charge is 2.37. The van der Waals surface area contributed by atoms with E-state index < -0.39 is 23.8 Å². The number of unbranched alkanes of at least 4 members (excludes halogenated alkanes) is 1. The summed E-state index contributed by atoms with van der Waals surface area (Å²) < 4.78 is 5.44. The Hall–Kier alpha value is -3.35. The Morgan fingerprint density at radius 3 is 2.24 bits per heavy atom. The summed E-state index contributed by atoms with van der Waals surface area (Å²) >= 11 is 0. The first kappa shape index (κ1) is 30.9. The molecule has 2 aromatic rings. The lowest BCUT2D eigenvalue weighted by Gasteiger charge is -2.36. The summed E-state index contributed by atoms with van der Waals surface area (Å²) in [6.07, 6.45) is 0.911. The monoisotopic (exact) mass is 523 g/mol. The van der Waals surface area contributed by atoms with Gasteiger partial charge < -0.3 is 20.3 Å². The summed E-state index contributed by atoms with van der Waals surface area (Å²) in [5, 5.41) is 5.83. The molecular formula is C31H45N3O4. The molecule has 2 N–H and O–H groups in total. The zero-order valence-corrected chi connectivity index (χ0v) is 24.3. The van der Waals surface area contributed by atoms with Gasteiger partial charge in [-0.25, -0.2) is 4.79 Å². The minimum atomic E-state index is -0.851. The number of carbonyl (C=O) groups is 3. The van der Waals surface area contributed by atoms with Crippen molar-refractivity contribution in [1.29, 1.82) is 0 Å². The first-order valence-electron chi connectivity index (χ1n) is 13.5. The number of alkyl carbamates (subject to hydrolysis) is 1. The van der Waals surface area contributed by atoms with Gasteiger partial charge in [0.05, 0.1) is 0 Å². The maximum Gasteiger partial charge on any atom is 0.408 e. The van der Waals surface area contributed by atoms with Gasteiger partial charge in [0.25, 0.3) is 0 Å². The molecule has 7 heteroatoms.